The summed E-state index contributed by atoms with van der Waals surface area (Å²) in [6, 6.07) is 9.18. The van der Waals surface area contributed by atoms with E-state index >= 15 is 0 Å². The molecule has 3 rings (SSSR count). The van der Waals surface area contributed by atoms with Crippen molar-refractivity contribution in [3.8, 4) is 0 Å². The number of imidazole rings is 1. The Balaban J connectivity index is 1.96. The van der Waals surface area contributed by atoms with E-state index in [4.69, 9.17) is 11.6 Å². The third kappa shape index (κ3) is 5.29. The molecule has 0 aliphatic rings. The van der Waals surface area contributed by atoms with E-state index in [-0.39, 0.29) is 23.6 Å². The molecular weight excluding hydrogens is 403 g/mol. The van der Waals surface area contributed by atoms with Crippen LogP contribution >= 0.6 is 11.6 Å². The number of aromatic nitrogens is 2. The highest BCUT2D eigenvalue weighted by Gasteiger charge is 2.31. The number of pyridine rings is 1. The molecule has 0 unspecified atom stereocenters. The van der Waals surface area contributed by atoms with Gasteiger partial charge in [0.15, 0.2) is 5.82 Å². The van der Waals surface area contributed by atoms with Gasteiger partial charge in [-0.25, -0.2) is 4.98 Å². The molecule has 8 heteroatoms. The Hall–Kier alpha value is -2.54. The zero-order chi connectivity index (χ0) is 21.4. The first kappa shape index (κ1) is 21.2. The molecule has 1 N–H and O–H groups in total. The number of rotatable bonds is 4. The van der Waals surface area contributed by atoms with E-state index in [9.17, 15) is 18.0 Å². The summed E-state index contributed by atoms with van der Waals surface area (Å²) in [5.41, 5.74) is 0.658. The van der Waals surface area contributed by atoms with Crippen LogP contribution in [0.25, 0.3) is 5.65 Å². The molecule has 154 valence electrons. The largest absolute Gasteiger partial charge is 0.417 e. The van der Waals surface area contributed by atoms with Crippen LogP contribution < -0.4 is 5.32 Å². The topological polar surface area (TPSA) is 46.4 Å². The maximum Gasteiger partial charge on any atom is 0.417 e. The van der Waals surface area contributed by atoms with Crippen molar-refractivity contribution >= 4 is 29.0 Å². The number of carbonyl (C=O) groups is 1. The van der Waals surface area contributed by atoms with E-state index in [0.29, 0.717) is 22.8 Å². The molecule has 0 radical (unpaired) electrons. The van der Waals surface area contributed by atoms with Gasteiger partial charge in [0, 0.05) is 11.2 Å². The number of amides is 1. The average Bonchev–Trinajstić information content (AvgIpc) is 2.91. The van der Waals surface area contributed by atoms with Gasteiger partial charge >= 0.3 is 6.18 Å². The van der Waals surface area contributed by atoms with Crippen LogP contribution in [-0.2, 0) is 23.8 Å². The molecule has 0 saturated heterocycles. The normalized spacial score (nSPS) is 12.4. The van der Waals surface area contributed by atoms with Crippen LogP contribution in [-0.4, -0.2) is 15.3 Å². The number of nitrogens with one attached hydrogen (secondary N) is 1. The molecule has 0 aliphatic carbocycles. The Bertz CT molecular complexity index is 1030. The van der Waals surface area contributed by atoms with Gasteiger partial charge in [0.1, 0.15) is 5.65 Å². The molecule has 0 aliphatic heterocycles. The van der Waals surface area contributed by atoms with E-state index in [0.717, 1.165) is 17.8 Å². The Kier molecular flexibility index (Phi) is 5.63. The minimum atomic E-state index is -4.46. The van der Waals surface area contributed by atoms with E-state index in [1.54, 1.807) is 24.3 Å². The van der Waals surface area contributed by atoms with Crippen molar-refractivity contribution in [2.75, 3.05) is 5.32 Å². The standard InChI is InChI=1S/C21H21ClF3N3O/c1-20(2,3)11-16-19(27-18(29)10-13-4-7-15(22)8-5-13)26-17-9-6-14(12-28(16)17)21(23,24)25/h4-9,12H,10-11H2,1-3H3,(H,27,29). The number of nitrogens with zero attached hydrogens (tertiary/aromatic N) is 2. The molecule has 0 bridgehead atoms. The summed E-state index contributed by atoms with van der Waals surface area (Å²) in [6.45, 7) is 5.91. The summed E-state index contributed by atoms with van der Waals surface area (Å²) in [5.74, 6) is -0.0276. The van der Waals surface area contributed by atoms with E-state index in [1.165, 1.54) is 10.5 Å². The van der Waals surface area contributed by atoms with Crippen LogP contribution in [0.4, 0.5) is 19.0 Å². The number of fused-ring (bicyclic) bond motifs is 1. The molecule has 29 heavy (non-hydrogen) atoms. The molecule has 3 aromatic rings. The first-order valence-corrected chi connectivity index (χ1v) is 9.43. The summed E-state index contributed by atoms with van der Waals surface area (Å²) in [4.78, 5) is 16.9. The van der Waals surface area contributed by atoms with E-state index < -0.39 is 11.7 Å². The monoisotopic (exact) mass is 423 g/mol. The quantitative estimate of drug-likeness (QED) is 0.578. The number of hydrogen-bond acceptors (Lipinski definition) is 2. The van der Waals surface area contributed by atoms with Gasteiger partial charge in [-0.15, -0.1) is 0 Å². The van der Waals surface area contributed by atoms with Gasteiger partial charge in [0.2, 0.25) is 5.91 Å². The van der Waals surface area contributed by atoms with Crippen LogP contribution in [0.15, 0.2) is 42.6 Å². The van der Waals surface area contributed by atoms with Crippen molar-refractivity contribution in [3.05, 3.63) is 64.4 Å². The summed E-state index contributed by atoms with van der Waals surface area (Å²) in [6.07, 6.45) is -2.90. The number of halogens is 4. The fourth-order valence-corrected chi connectivity index (χ4v) is 3.12. The summed E-state index contributed by atoms with van der Waals surface area (Å²) >= 11 is 5.86. The molecule has 0 atom stereocenters. The van der Waals surface area contributed by atoms with Crippen LogP contribution in [0, 0.1) is 5.41 Å². The molecule has 2 heterocycles. The second-order valence-electron chi connectivity index (χ2n) is 8.14. The van der Waals surface area contributed by atoms with Gasteiger partial charge in [-0.05, 0) is 41.7 Å². The van der Waals surface area contributed by atoms with Gasteiger partial charge in [-0.1, -0.05) is 44.5 Å². The first-order valence-electron chi connectivity index (χ1n) is 9.05. The summed E-state index contributed by atoms with van der Waals surface area (Å²) < 4.78 is 40.9. The smallest absolute Gasteiger partial charge is 0.309 e. The fourth-order valence-electron chi connectivity index (χ4n) is 3.00. The predicted molar refractivity (Wildman–Crippen MR) is 107 cm³/mol. The lowest BCUT2D eigenvalue weighted by Crippen LogP contribution is -2.18. The third-order valence-electron chi connectivity index (χ3n) is 4.28. The van der Waals surface area contributed by atoms with E-state index in [1.807, 2.05) is 20.8 Å². The van der Waals surface area contributed by atoms with Crippen molar-refractivity contribution in [1.82, 2.24) is 9.38 Å². The second-order valence-corrected chi connectivity index (χ2v) is 8.58. The molecule has 0 saturated carbocycles. The Morgan fingerprint density at radius 1 is 1.10 bits per heavy atom. The van der Waals surface area contributed by atoms with Crippen LogP contribution in [0.1, 0.15) is 37.6 Å². The predicted octanol–water partition coefficient (Wildman–Crippen LogP) is 5.78. The van der Waals surface area contributed by atoms with Crippen molar-refractivity contribution in [2.24, 2.45) is 5.41 Å². The zero-order valence-corrected chi connectivity index (χ0v) is 17.0. The van der Waals surface area contributed by atoms with Crippen molar-refractivity contribution < 1.29 is 18.0 Å². The number of alkyl halides is 3. The van der Waals surface area contributed by atoms with Gasteiger partial charge in [0.05, 0.1) is 17.7 Å². The van der Waals surface area contributed by atoms with Crippen LogP contribution in [0.5, 0.6) is 0 Å². The lowest BCUT2D eigenvalue weighted by molar-refractivity contribution is -0.137. The highest BCUT2D eigenvalue weighted by molar-refractivity contribution is 6.30. The SMILES string of the molecule is CC(C)(C)Cc1c(NC(=O)Cc2ccc(Cl)cc2)nc2ccc(C(F)(F)F)cn12. The minimum absolute atomic E-state index is 0.105. The van der Waals surface area contributed by atoms with Gasteiger partial charge in [0.25, 0.3) is 0 Å². The summed E-state index contributed by atoms with van der Waals surface area (Å²) in [7, 11) is 0. The highest BCUT2D eigenvalue weighted by atomic mass is 35.5. The number of benzene rings is 1. The molecule has 0 spiro atoms. The van der Waals surface area contributed by atoms with Crippen molar-refractivity contribution in [1.29, 1.82) is 0 Å². The third-order valence-corrected chi connectivity index (χ3v) is 4.53. The lowest BCUT2D eigenvalue weighted by Gasteiger charge is -2.19. The van der Waals surface area contributed by atoms with Gasteiger partial charge < -0.3 is 9.72 Å². The number of carbonyl (C=O) groups excluding carboxylic acids is 1. The molecule has 0 fully saturated rings. The number of anilines is 1. The summed E-state index contributed by atoms with van der Waals surface area (Å²) in [5, 5.41) is 3.33. The molecule has 1 aromatic carbocycles. The lowest BCUT2D eigenvalue weighted by atomic mass is 9.90. The average molecular weight is 424 g/mol. The number of hydrogen-bond donors (Lipinski definition) is 1. The Morgan fingerprint density at radius 3 is 2.34 bits per heavy atom. The van der Waals surface area contributed by atoms with E-state index in [2.05, 4.69) is 10.3 Å². The Morgan fingerprint density at radius 2 is 1.76 bits per heavy atom. The maximum absolute atomic E-state index is 13.2. The molecule has 1 amide bonds. The second kappa shape index (κ2) is 7.71. The maximum atomic E-state index is 13.2. The minimum Gasteiger partial charge on any atom is -0.309 e. The fraction of sp³-hybridized carbons (Fsp3) is 0.333. The van der Waals surface area contributed by atoms with Crippen LogP contribution in [0.2, 0.25) is 5.02 Å². The van der Waals surface area contributed by atoms with Crippen LogP contribution in [0.3, 0.4) is 0 Å². The van der Waals surface area contributed by atoms with Gasteiger partial charge in [-0.3, -0.25) is 4.79 Å². The molecule has 4 nitrogen and oxygen atoms in total. The molecular formula is C21H21ClF3N3O. The Labute approximate surface area is 171 Å². The zero-order valence-electron chi connectivity index (χ0n) is 16.3. The van der Waals surface area contributed by atoms with Crippen molar-refractivity contribution in [3.63, 3.8) is 0 Å². The van der Waals surface area contributed by atoms with Crippen molar-refractivity contribution in [2.45, 2.75) is 39.8 Å². The molecule has 2 aromatic heterocycles. The highest BCUT2D eigenvalue weighted by Crippen LogP contribution is 2.32. The first-order chi connectivity index (χ1) is 13.4. The van der Waals surface area contributed by atoms with Gasteiger partial charge in [-0.2, -0.15) is 13.2 Å².